The molecule has 140 valence electrons. The number of aryl methyl sites for hydroxylation is 1. The molecule has 1 aliphatic rings. The maximum atomic E-state index is 4.90. The molecule has 6 heteroatoms. The molecule has 6 nitrogen and oxygen atoms in total. The van der Waals surface area contributed by atoms with Crippen LogP contribution in [-0.4, -0.2) is 54.2 Å². The van der Waals surface area contributed by atoms with Gasteiger partial charge >= 0.3 is 0 Å². The number of anilines is 3. The van der Waals surface area contributed by atoms with Crippen molar-refractivity contribution in [3.63, 3.8) is 0 Å². The summed E-state index contributed by atoms with van der Waals surface area (Å²) >= 11 is 0. The second kappa shape index (κ2) is 8.83. The fourth-order valence-corrected chi connectivity index (χ4v) is 3.40. The van der Waals surface area contributed by atoms with Gasteiger partial charge in [0, 0.05) is 57.2 Å². The van der Waals surface area contributed by atoms with Crippen LogP contribution in [0, 0.1) is 6.92 Å². The third-order valence-electron chi connectivity index (χ3n) is 4.68. The molecule has 0 aliphatic carbocycles. The van der Waals surface area contributed by atoms with E-state index in [0.29, 0.717) is 0 Å². The lowest BCUT2D eigenvalue weighted by atomic mass is 10.3. The minimum atomic E-state index is 0.859. The number of pyridine rings is 1. The Kier molecular flexibility index (Phi) is 6.26. The average Bonchev–Trinajstić information content (AvgIpc) is 2.68. The molecule has 0 unspecified atom stereocenters. The number of hydrogen-bond donors (Lipinski definition) is 0. The van der Waals surface area contributed by atoms with E-state index in [4.69, 9.17) is 9.97 Å². The Morgan fingerprint density at radius 1 is 0.962 bits per heavy atom. The molecule has 2 aromatic rings. The summed E-state index contributed by atoms with van der Waals surface area (Å²) in [6.45, 7) is 12.3. The lowest BCUT2D eigenvalue weighted by molar-refractivity contribution is 0.632. The van der Waals surface area contributed by atoms with Crippen LogP contribution >= 0.6 is 0 Å². The van der Waals surface area contributed by atoms with E-state index in [1.807, 2.05) is 18.3 Å². The molecule has 1 aliphatic heterocycles. The molecule has 0 amide bonds. The zero-order valence-electron chi connectivity index (χ0n) is 16.2. The first-order chi connectivity index (χ1) is 12.7. The molecular formula is C20H30N6. The Morgan fingerprint density at radius 3 is 2.27 bits per heavy atom. The quantitative estimate of drug-likeness (QED) is 0.761. The summed E-state index contributed by atoms with van der Waals surface area (Å²) in [5, 5.41) is 0. The van der Waals surface area contributed by atoms with Crippen molar-refractivity contribution in [2.45, 2.75) is 33.6 Å². The first-order valence-electron chi connectivity index (χ1n) is 9.72. The molecule has 1 saturated heterocycles. The zero-order valence-corrected chi connectivity index (χ0v) is 16.2. The Morgan fingerprint density at radius 2 is 1.65 bits per heavy atom. The van der Waals surface area contributed by atoms with Crippen molar-refractivity contribution in [2.24, 2.45) is 0 Å². The van der Waals surface area contributed by atoms with Crippen molar-refractivity contribution in [1.82, 2.24) is 15.0 Å². The van der Waals surface area contributed by atoms with Gasteiger partial charge < -0.3 is 14.7 Å². The van der Waals surface area contributed by atoms with Crippen molar-refractivity contribution >= 4 is 17.6 Å². The van der Waals surface area contributed by atoms with Gasteiger partial charge in [-0.05, 0) is 31.9 Å². The normalized spacial score (nSPS) is 14.6. The molecule has 0 saturated carbocycles. The fourth-order valence-electron chi connectivity index (χ4n) is 3.40. The molecule has 26 heavy (non-hydrogen) atoms. The molecule has 2 aromatic heterocycles. The minimum absolute atomic E-state index is 0.859. The molecule has 0 spiro atoms. The summed E-state index contributed by atoms with van der Waals surface area (Å²) in [6, 6.07) is 8.18. The average molecular weight is 355 g/mol. The van der Waals surface area contributed by atoms with Crippen LogP contribution in [0.15, 0.2) is 30.5 Å². The van der Waals surface area contributed by atoms with Crippen molar-refractivity contribution in [2.75, 3.05) is 54.0 Å². The summed E-state index contributed by atoms with van der Waals surface area (Å²) < 4.78 is 0. The third kappa shape index (κ3) is 4.42. The molecule has 3 heterocycles. The van der Waals surface area contributed by atoms with Crippen LogP contribution in [0.25, 0.3) is 0 Å². The first-order valence-corrected chi connectivity index (χ1v) is 9.72. The van der Waals surface area contributed by atoms with Crippen molar-refractivity contribution in [1.29, 1.82) is 0 Å². The predicted molar refractivity (Wildman–Crippen MR) is 108 cm³/mol. The van der Waals surface area contributed by atoms with Crippen LogP contribution in [0.4, 0.5) is 17.6 Å². The molecule has 0 N–H and O–H groups in total. The second-order valence-electron chi connectivity index (χ2n) is 6.82. The Hall–Kier alpha value is -2.37. The topological polar surface area (TPSA) is 48.4 Å². The van der Waals surface area contributed by atoms with Gasteiger partial charge in [0.1, 0.15) is 11.6 Å². The van der Waals surface area contributed by atoms with Gasteiger partial charge in [-0.15, -0.1) is 0 Å². The maximum absolute atomic E-state index is 4.90. The van der Waals surface area contributed by atoms with E-state index in [-0.39, 0.29) is 0 Å². The lowest BCUT2D eigenvalue weighted by Gasteiger charge is -2.36. The summed E-state index contributed by atoms with van der Waals surface area (Å²) in [4.78, 5) is 21.1. The van der Waals surface area contributed by atoms with Crippen molar-refractivity contribution < 1.29 is 0 Å². The van der Waals surface area contributed by atoms with Gasteiger partial charge in [-0.25, -0.2) is 9.97 Å². The summed E-state index contributed by atoms with van der Waals surface area (Å²) in [5.41, 5.74) is 1.04. The predicted octanol–water partition coefficient (Wildman–Crippen LogP) is 3.13. The van der Waals surface area contributed by atoms with Gasteiger partial charge in [-0.1, -0.05) is 19.9 Å². The van der Waals surface area contributed by atoms with Crippen molar-refractivity contribution in [3.8, 4) is 0 Å². The number of aromatic nitrogens is 3. The van der Waals surface area contributed by atoms with Crippen LogP contribution in [0.5, 0.6) is 0 Å². The Bertz CT molecular complexity index is 676. The van der Waals surface area contributed by atoms with Gasteiger partial charge in [-0.3, -0.25) is 0 Å². The van der Waals surface area contributed by atoms with E-state index in [2.05, 4.69) is 52.6 Å². The number of nitrogens with zero attached hydrogens (tertiary/aromatic N) is 6. The minimum Gasteiger partial charge on any atom is -0.356 e. The summed E-state index contributed by atoms with van der Waals surface area (Å²) in [6.07, 6.45) is 4.11. The van der Waals surface area contributed by atoms with Gasteiger partial charge in [0.2, 0.25) is 5.95 Å². The zero-order chi connectivity index (χ0) is 18.4. The third-order valence-corrected chi connectivity index (χ3v) is 4.68. The fraction of sp³-hybridized carbons (Fsp3) is 0.550. The van der Waals surface area contributed by atoms with E-state index in [1.54, 1.807) is 0 Å². The SMILES string of the molecule is CCCN(CCC)c1cc(C)nc(N2CCN(c3ccccn3)CC2)n1. The number of piperazine rings is 1. The maximum Gasteiger partial charge on any atom is 0.227 e. The molecule has 0 aromatic carbocycles. The Labute approximate surface area is 156 Å². The highest BCUT2D eigenvalue weighted by Gasteiger charge is 2.21. The van der Waals surface area contributed by atoms with E-state index >= 15 is 0 Å². The van der Waals surface area contributed by atoms with Gasteiger partial charge in [0.25, 0.3) is 0 Å². The van der Waals surface area contributed by atoms with Gasteiger partial charge in [0.05, 0.1) is 0 Å². The highest BCUT2D eigenvalue weighted by molar-refractivity contribution is 5.47. The van der Waals surface area contributed by atoms with Gasteiger partial charge in [-0.2, -0.15) is 4.98 Å². The monoisotopic (exact) mass is 354 g/mol. The van der Waals surface area contributed by atoms with Crippen LogP contribution < -0.4 is 14.7 Å². The van der Waals surface area contributed by atoms with E-state index in [1.165, 1.54) is 0 Å². The molecule has 1 fully saturated rings. The molecular weight excluding hydrogens is 324 g/mol. The summed E-state index contributed by atoms with van der Waals surface area (Å²) in [7, 11) is 0. The molecule has 0 bridgehead atoms. The number of rotatable bonds is 7. The Balaban J connectivity index is 1.72. The van der Waals surface area contributed by atoms with Crippen LogP contribution in [0.1, 0.15) is 32.4 Å². The largest absolute Gasteiger partial charge is 0.356 e. The van der Waals surface area contributed by atoms with E-state index in [9.17, 15) is 0 Å². The second-order valence-corrected chi connectivity index (χ2v) is 6.82. The highest BCUT2D eigenvalue weighted by Crippen LogP contribution is 2.20. The van der Waals surface area contributed by atoms with Gasteiger partial charge in [0.15, 0.2) is 0 Å². The van der Waals surface area contributed by atoms with Crippen LogP contribution in [0.3, 0.4) is 0 Å². The molecule has 0 radical (unpaired) electrons. The standard InChI is InChI=1S/C20H30N6/c1-4-10-24(11-5-2)19-16-17(3)22-20(23-19)26-14-12-25(13-15-26)18-8-6-7-9-21-18/h6-9,16H,4-5,10-15H2,1-3H3. The van der Waals surface area contributed by atoms with E-state index < -0.39 is 0 Å². The van der Waals surface area contributed by atoms with Crippen LogP contribution in [0.2, 0.25) is 0 Å². The van der Waals surface area contributed by atoms with Crippen LogP contribution in [-0.2, 0) is 0 Å². The number of hydrogen-bond acceptors (Lipinski definition) is 6. The summed E-state index contributed by atoms with van der Waals surface area (Å²) in [5.74, 6) is 2.97. The smallest absolute Gasteiger partial charge is 0.227 e. The molecule has 0 atom stereocenters. The van der Waals surface area contributed by atoms with Crippen molar-refractivity contribution in [3.05, 3.63) is 36.2 Å². The molecule has 3 rings (SSSR count). The highest BCUT2D eigenvalue weighted by atomic mass is 15.3. The first kappa shape index (κ1) is 18.4. The van der Waals surface area contributed by atoms with E-state index in [0.717, 1.165) is 75.4 Å². The lowest BCUT2D eigenvalue weighted by Crippen LogP contribution is -2.47.